The van der Waals surface area contributed by atoms with Crippen LogP contribution in [0.25, 0.3) is 0 Å². The number of piperidine rings is 1. The first-order valence-electron chi connectivity index (χ1n) is 8.09. The van der Waals surface area contributed by atoms with Crippen molar-refractivity contribution in [3.05, 3.63) is 39.9 Å². The third kappa shape index (κ3) is 4.27. The lowest BCUT2D eigenvalue weighted by molar-refractivity contribution is -0.384. The van der Waals surface area contributed by atoms with E-state index in [0.29, 0.717) is 0 Å². The van der Waals surface area contributed by atoms with Crippen LogP contribution in [0, 0.1) is 15.5 Å². The third-order valence-electron chi connectivity index (χ3n) is 4.29. The van der Waals surface area contributed by atoms with Crippen molar-refractivity contribution in [3.8, 4) is 0 Å². The van der Waals surface area contributed by atoms with Gasteiger partial charge in [-0.2, -0.15) is 0 Å². The molecule has 26 heavy (non-hydrogen) atoms. The number of carboxylic acid groups (broad SMARTS) is 1. The fourth-order valence-electron chi connectivity index (χ4n) is 3.21. The number of amides is 1. The summed E-state index contributed by atoms with van der Waals surface area (Å²) < 4.78 is 19.9. The van der Waals surface area contributed by atoms with Gasteiger partial charge in [0.2, 0.25) is 0 Å². The number of alkyl halides is 1. The molecule has 8 nitrogen and oxygen atoms in total. The van der Waals surface area contributed by atoms with Crippen LogP contribution >= 0.6 is 0 Å². The Hall–Kier alpha value is -2.71. The highest BCUT2D eigenvalue weighted by Crippen LogP contribution is 2.35. The van der Waals surface area contributed by atoms with Crippen molar-refractivity contribution in [2.24, 2.45) is 5.41 Å². The van der Waals surface area contributed by atoms with E-state index in [9.17, 15) is 29.2 Å². The second-order valence-corrected chi connectivity index (χ2v) is 7.33. The lowest BCUT2D eigenvalue weighted by Gasteiger charge is -2.45. The topological polar surface area (TPSA) is 110 Å². The minimum atomic E-state index is -1.48. The molecule has 0 spiro atoms. The monoisotopic (exact) mass is 368 g/mol. The van der Waals surface area contributed by atoms with Gasteiger partial charge in [-0.15, -0.1) is 0 Å². The maximum absolute atomic E-state index is 14.6. The van der Waals surface area contributed by atoms with E-state index in [-0.39, 0.29) is 24.2 Å². The van der Waals surface area contributed by atoms with Gasteiger partial charge in [-0.1, -0.05) is 20.8 Å². The summed E-state index contributed by atoms with van der Waals surface area (Å²) in [5.74, 6) is -0.781. The number of nitrogens with zero attached hydrogens (tertiary/aromatic N) is 2. The lowest BCUT2D eigenvalue weighted by Crippen LogP contribution is -2.59. The second-order valence-electron chi connectivity index (χ2n) is 7.33. The number of nitro benzene ring substituents is 1. The first-order valence-corrected chi connectivity index (χ1v) is 8.09. The van der Waals surface area contributed by atoms with Crippen LogP contribution in [0.3, 0.4) is 0 Å². The molecule has 1 N–H and O–H groups in total. The maximum Gasteiger partial charge on any atom is 0.407 e. The van der Waals surface area contributed by atoms with Gasteiger partial charge in [0, 0.05) is 18.6 Å². The van der Waals surface area contributed by atoms with Gasteiger partial charge in [-0.25, -0.2) is 14.0 Å². The smallest absolute Gasteiger partial charge is 0.407 e. The zero-order chi connectivity index (χ0) is 19.6. The Morgan fingerprint density at radius 2 is 1.88 bits per heavy atom. The molecule has 142 valence electrons. The van der Waals surface area contributed by atoms with E-state index in [1.54, 1.807) is 20.8 Å². The molecule has 3 atom stereocenters. The molecule has 2 unspecified atom stereocenters. The number of rotatable bonds is 3. The number of non-ortho nitro benzene ring substituents is 1. The fourth-order valence-corrected chi connectivity index (χ4v) is 3.21. The first-order chi connectivity index (χ1) is 12.0. The lowest BCUT2D eigenvalue weighted by atomic mass is 9.79. The van der Waals surface area contributed by atoms with Crippen LogP contribution in [-0.2, 0) is 4.74 Å². The van der Waals surface area contributed by atoms with Gasteiger partial charge in [0.05, 0.1) is 23.1 Å². The predicted octanol–water partition coefficient (Wildman–Crippen LogP) is 3.26. The van der Waals surface area contributed by atoms with E-state index in [4.69, 9.17) is 4.74 Å². The number of halogens is 1. The molecule has 0 saturated carbocycles. The van der Waals surface area contributed by atoms with E-state index in [1.165, 1.54) is 12.1 Å². The highest BCUT2D eigenvalue weighted by atomic mass is 19.1. The molecule has 1 aliphatic rings. The van der Waals surface area contributed by atoms with E-state index in [0.717, 1.165) is 17.0 Å². The quantitative estimate of drug-likeness (QED) is 0.498. The fraction of sp³-hybridized carbons (Fsp3) is 0.529. The molecule has 1 aromatic carbocycles. The Labute approximate surface area is 149 Å². The van der Waals surface area contributed by atoms with Crippen molar-refractivity contribution in [1.29, 1.82) is 0 Å². The van der Waals surface area contributed by atoms with Crippen LogP contribution in [0.15, 0.2) is 24.3 Å². The molecule has 1 aromatic rings. The van der Waals surface area contributed by atoms with Crippen molar-refractivity contribution < 1.29 is 28.7 Å². The minimum absolute atomic E-state index is 0.0748. The maximum atomic E-state index is 14.6. The van der Waals surface area contributed by atoms with Crippen molar-refractivity contribution in [2.75, 3.05) is 6.54 Å². The summed E-state index contributed by atoms with van der Waals surface area (Å²) in [5.41, 5.74) is -0.704. The number of esters is 1. The van der Waals surface area contributed by atoms with Crippen LogP contribution in [0.5, 0.6) is 0 Å². The summed E-state index contributed by atoms with van der Waals surface area (Å²) in [4.78, 5) is 34.7. The van der Waals surface area contributed by atoms with Gasteiger partial charge >= 0.3 is 12.1 Å². The number of carbonyl (C=O) groups excluding carboxylic acids is 1. The van der Waals surface area contributed by atoms with Gasteiger partial charge in [0.15, 0.2) is 0 Å². The number of benzene rings is 1. The van der Waals surface area contributed by atoms with Gasteiger partial charge in [0.25, 0.3) is 5.69 Å². The average Bonchev–Trinajstić information content (AvgIpc) is 2.52. The van der Waals surface area contributed by atoms with Crippen LogP contribution in [0.4, 0.5) is 14.9 Å². The number of ether oxygens (including phenoxy) is 1. The Balaban J connectivity index is 2.11. The van der Waals surface area contributed by atoms with Gasteiger partial charge < -0.3 is 9.84 Å². The van der Waals surface area contributed by atoms with Crippen LogP contribution < -0.4 is 0 Å². The molecule has 1 fully saturated rings. The van der Waals surface area contributed by atoms with Crippen molar-refractivity contribution >= 4 is 17.7 Å². The Bertz CT molecular complexity index is 700. The molecule has 0 bridgehead atoms. The largest absolute Gasteiger partial charge is 0.465 e. The zero-order valence-electron chi connectivity index (χ0n) is 14.7. The number of nitro groups is 1. The summed E-state index contributed by atoms with van der Waals surface area (Å²) in [5, 5.41) is 20.0. The molecule has 1 aliphatic heterocycles. The Morgan fingerprint density at radius 1 is 1.31 bits per heavy atom. The minimum Gasteiger partial charge on any atom is -0.465 e. The molecule has 2 rings (SSSR count). The standard InChI is InChI=1S/C17H21FN2O6/c1-17(2,3)14-13(18)8-12(9-19(14)16(22)23)26-15(21)10-4-6-11(7-5-10)20(24)25/h4-7,12-14H,8-9H2,1-3H3,(H,22,23)/t12-,13?,14?/m0/s1. The normalized spacial score (nSPS) is 23.4. The number of hydrogen-bond donors (Lipinski definition) is 1. The van der Waals surface area contributed by atoms with Crippen LogP contribution in [0.2, 0.25) is 0 Å². The molecule has 9 heteroatoms. The number of hydrogen-bond acceptors (Lipinski definition) is 5. The van der Waals surface area contributed by atoms with Gasteiger partial charge in [-0.3, -0.25) is 15.0 Å². The molecule has 0 aromatic heterocycles. The number of carbonyl (C=O) groups is 2. The number of likely N-dealkylation sites (tertiary alicyclic amines) is 1. The zero-order valence-corrected chi connectivity index (χ0v) is 14.7. The molecular weight excluding hydrogens is 347 g/mol. The summed E-state index contributed by atoms with van der Waals surface area (Å²) in [6, 6.07) is 3.96. The summed E-state index contributed by atoms with van der Waals surface area (Å²) in [7, 11) is 0. The van der Waals surface area contributed by atoms with E-state index >= 15 is 0 Å². The molecule has 0 radical (unpaired) electrons. The summed E-state index contributed by atoms with van der Waals surface area (Å²) in [6.45, 7) is 5.13. The SMILES string of the molecule is CC(C)(C)C1C(F)C[C@H](OC(=O)c2ccc([N+](=O)[O-])cc2)CN1C(=O)O. The Morgan fingerprint density at radius 3 is 2.35 bits per heavy atom. The highest BCUT2D eigenvalue weighted by molar-refractivity contribution is 5.89. The van der Waals surface area contributed by atoms with Crippen molar-refractivity contribution in [1.82, 2.24) is 4.90 Å². The second kappa shape index (κ2) is 7.27. The molecule has 0 aliphatic carbocycles. The van der Waals surface area contributed by atoms with Crippen LogP contribution in [-0.4, -0.2) is 51.9 Å². The summed E-state index contributed by atoms with van der Waals surface area (Å²) >= 11 is 0. The van der Waals surface area contributed by atoms with Crippen molar-refractivity contribution in [2.45, 2.75) is 45.5 Å². The first kappa shape index (κ1) is 19.6. The van der Waals surface area contributed by atoms with E-state index < -0.39 is 40.7 Å². The van der Waals surface area contributed by atoms with E-state index in [1.807, 2.05) is 0 Å². The predicted molar refractivity (Wildman–Crippen MR) is 89.8 cm³/mol. The third-order valence-corrected chi connectivity index (χ3v) is 4.29. The molecular formula is C17H21FN2O6. The van der Waals surface area contributed by atoms with Gasteiger partial charge in [0.1, 0.15) is 12.3 Å². The van der Waals surface area contributed by atoms with E-state index in [2.05, 4.69) is 0 Å². The van der Waals surface area contributed by atoms with Crippen molar-refractivity contribution in [3.63, 3.8) is 0 Å². The average molecular weight is 368 g/mol. The summed E-state index contributed by atoms with van der Waals surface area (Å²) in [6.07, 6.45) is -3.79. The van der Waals surface area contributed by atoms with Gasteiger partial charge in [-0.05, 0) is 17.5 Å². The molecule has 1 heterocycles. The highest BCUT2D eigenvalue weighted by Gasteiger charge is 2.46. The Kier molecular flexibility index (Phi) is 5.48. The van der Waals surface area contributed by atoms with Crippen LogP contribution in [0.1, 0.15) is 37.6 Å². The molecule has 1 amide bonds. The molecule has 1 saturated heterocycles.